The van der Waals surface area contributed by atoms with Crippen molar-refractivity contribution in [3.63, 3.8) is 0 Å². The molecule has 2 N–H and O–H groups in total. The van der Waals surface area contributed by atoms with E-state index in [9.17, 15) is 4.79 Å². The number of hydrogen-bond donors (Lipinski definition) is 1. The van der Waals surface area contributed by atoms with Crippen LogP contribution in [0.5, 0.6) is 0 Å². The highest BCUT2D eigenvalue weighted by Gasteiger charge is 2.57. The first kappa shape index (κ1) is 21.6. The molecule has 1 aromatic carbocycles. The molecule has 1 amide bonds. The zero-order valence-corrected chi connectivity index (χ0v) is 20.2. The summed E-state index contributed by atoms with van der Waals surface area (Å²) in [6.45, 7) is 9.11. The molecule has 180 valence electrons. The van der Waals surface area contributed by atoms with Crippen LogP contribution in [0.15, 0.2) is 49.1 Å². The Morgan fingerprint density at radius 1 is 1.20 bits per heavy atom. The molecule has 2 unspecified atom stereocenters. The predicted octanol–water partition coefficient (Wildman–Crippen LogP) is 2.64. The molecule has 0 spiro atoms. The van der Waals surface area contributed by atoms with Crippen molar-refractivity contribution in [2.24, 2.45) is 0 Å². The first-order valence-electron chi connectivity index (χ1n) is 11.7. The molecule has 0 saturated carbocycles. The normalized spacial score (nSPS) is 21.1. The molecule has 0 bridgehead atoms. The van der Waals surface area contributed by atoms with Gasteiger partial charge >= 0.3 is 0 Å². The number of fused-ring (bicyclic) bond motifs is 2. The maximum absolute atomic E-state index is 12.3. The highest BCUT2D eigenvalue weighted by atomic mass is 16.6. The third-order valence-corrected chi connectivity index (χ3v) is 7.11. The fourth-order valence-corrected chi connectivity index (χ4v) is 5.29. The number of rotatable bonds is 3. The van der Waals surface area contributed by atoms with Crippen molar-refractivity contribution in [1.29, 1.82) is 0 Å². The molecule has 2 atom stereocenters. The van der Waals surface area contributed by atoms with Crippen molar-refractivity contribution >= 4 is 22.9 Å². The largest absolute Gasteiger partial charge is 0.382 e. The van der Waals surface area contributed by atoms with Gasteiger partial charge in [-0.25, -0.2) is 14.2 Å². The van der Waals surface area contributed by atoms with Gasteiger partial charge in [-0.3, -0.25) is 4.79 Å². The molecule has 5 heterocycles. The van der Waals surface area contributed by atoms with E-state index in [0.717, 1.165) is 28.2 Å². The number of carbonyl (C=O) groups excluding carboxylic acids is 1. The molecule has 6 rings (SSSR count). The highest BCUT2D eigenvalue weighted by molar-refractivity contribution is 5.84. The Morgan fingerprint density at radius 3 is 2.77 bits per heavy atom. The monoisotopic (exact) mass is 472 g/mol. The third kappa shape index (κ3) is 3.35. The minimum atomic E-state index is -0.355. The Bertz CT molecular complexity index is 1450. The number of ether oxygens (including phenoxy) is 1. The average Bonchev–Trinajstić information content (AvgIpc) is 3.38. The second-order valence-electron chi connectivity index (χ2n) is 9.80. The van der Waals surface area contributed by atoms with Gasteiger partial charge in [0.15, 0.2) is 12.0 Å². The van der Waals surface area contributed by atoms with Gasteiger partial charge in [0.25, 0.3) is 0 Å². The number of aryl methyl sites for hydroxylation is 1. The summed E-state index contributed by atoms with van der Waals surface area (Å²) in [7, 11) is 0. The molecule has 2 fully saturated rings. The maximum Gasteiger partial charge on any atom is 0.220 e. The van der Waals surface area contributed by atoms with Crippen molar-refractivity contribution in [2.75, 3.05) is 23.7 Å². The Hall–Kier alpha value is -3.92. The summed E-state index contributed by atoms with van der Waals surface area (Å²) in [5.74, 6) is 0.456. The standard InChI is InChI=1S/C25H28N8O2/c1-15-12-28-32(13-15)20-11-19(33-21(20)23(26)27-14-29-33)17-6-5-7-18(10-17)30-8-9-31(16(2)34)25(3,4)22-24(30)35-22/h5-7,10-14,22,24H,8-9H2,1-4H3,(H2,26,27,29). The van der Waals surface area contributed by atoms with Gasteiger partial charge in [0.1, 0.15) is 17.9 Å². The van der Waals surface area contributed by atoms with Gasteiger partial charge in [-0.1, -0.05) is 12.1 Å². The van der Waals surface area contributed by atoms with E-state index in [1.54, 1.807) is 17.8 Å². The molecule has 35 heavy (non-hydrogen) atoms. The number of nitrogens with two attached hydrogens (primary N) is 1. The van der Waals surface area contributed by atoms with Crippen LogP contribution in [0.4, 0.5) is 11.5 Å². The highest BCUT2D eigenvalue weighted by Crippen LogP contribution is 2.43. The van der Waals surface area contributed by atoms with E-state index >= 15 is 0 Å². The third-order valence-electron chi connectivity index (χ3n) is 7.11. The summed E-state index contributed by atoms with van der Waals surface area (Å²) in [6.07, 6.45) is 5.12. The van der Waals surface area contributed by atoms with Crippen LogP contribution in [0.3, 0.4) is 0 Å². The second kappa shape index (κ2) is 7.54. The first-order chi connectivity index (χ1) is 16.8. The minimum absolute atomic E-state index is 0.0334. The Kier molecular flexibility index (Phi) is 4.65. The van der Waals surface area contributed by atoms with Crippen LogP contribution in [-0.4, -0.2) is 66.1 Å². The van der Waals surface area contributed by atoms with Crippen LogP contribution >= 0.6 is 0 Å². The summed E-state index contributed by atoms with van der Waals surface area (Å²) in [5, 5.41) is 8.97. The number of carbonyl (C=O) groups is 1. The molecule has 2 aliphatic heterocycles. The van der Waals surface area contributed by atoms with Crippen molar-refractivity contribution in [2.45, 2.75) is 45.6 Å². The van der Waals surface area contributed by atoms with Gasteiger partial charge in [0.2, 0.25) is 5.91 Å². The number of anilines is 2. The summed E-state index contributed by atoms with van der Waals surface area (Å²) in [6, 6.07) is 10.3. The van der Waals surface area contributed by atoms with E-state index in [0.29, 0.717) is 24.4 Å². The summed E-state index contributed by atoms with van der Waals surface area (Å²) >= 11 is 0. The topological polar surface area (TPSA) is 110 Å². The number of benzene rings is 1. The van der Waals surface area contributed by atoms with Gasteiger partial charge in [-0.05, 0) is 44.5 Å². The lowest BCUT2D eigenvalue weighted by molar-refractivity contribution is -0.134. The zero-order valence-electron chi connectivity index (χ0n) is 20.2. The van der Waals surface area contributed by atoms with Gasteiger partial charge in [-0.2, -0.15) is 10.2 Å². The van der Waals surface area contributed by atoms with Crippen LogP contribution in [0.25, 0.3) is 22.5 Å². The average molecular weight is 473 g/mol. The lowest BCUT2D eigenvalue weighted by Crippen LogP contribution is -2.51. The molecule has 2 aliphatic rings. The Labute approximate surface area is 202 Å². The molecule has 2 saturated heterocycles. The van der Waals surface area contributed by atoms with E-state index in [-0.39, 0.29) is 23.8 Å². The Balaban J connectivity index is 1.42. The van der Waals surface area contributed by atoms with Crippen LogP contribution in [0.1, 0.15) is 26.3 Å². The van der Waals surface area contributed by atoms with Crippen molar-refractivity contribution < 1.29 is 9.53 Å². The fraction of sp³-hybridized carbons (Fsp3) is 0.360. The SMILES string of the molecule is CC(=O)N1CCN(c2cccc(-c3cc(-n4cc(C)cn4)c4c(N)ncnn34)c2)C2OC2C1(C)C. The van der Waals surface area contributed by atoms with E-state index in [4.69, 9.17) is 10.5 Å². The van der Waals surface area contributed by atoms with Gasteiger partial charge in [0.05, 0.1) is 23.1 Å². The zero-order chi connectivity index (χ0) is 24.5. The molecule has 0 aliphatic carbocycles. The maximum atomic E-state index is 12.3. The van der Waals surface area contributed by atoms with Crippen molar-refractivity contribution in [1.82, 2.24) is 29.3 Å². The number of amides is 1. The van der Waals surface area contributed by atoms with Crippen LogP contribution in [0, 0.1) is 6.92 Å². The van der Waals surface area contributed by atoms with Crippen molar-refractivity contribution in [3.8, 4) is 16.9 Å². The lowest BCUT2D eigenvalue weighted by atomic mass is 9.97. The van der Waals surface area contributed by atoms with Gasteiger partial charge < -0.3 is 20.3 Å². The molecule has 3 aromatic heterocycles. The Morgan fingerprint density at radius 2 is 2.03 bits per heavy atom. The van der Waals surface area contributed by atoms with Crippen LogP contribution < -0.4 is 10.6 Å². The quantitative estimate of drug-likeness (QED) is 0.457. The van der Waals surface area contributed by atoms with Gasteiger partial charge in [-0.15, -0.1) is 0 Å². The fourth-order valence-electron chi connectivity index (χ4n) is 5.29. The molecular formula is C25H28N8O2. The summed E-state index contributed by atoms with van der Waals surface area (Å²) in [4.78, 5) is 20.7. The second-order valence-corrected chi connectivity index (χ2v) is 9.80. The lowest BCUT2D eigenvalue weighted by Gasteiger charge is -2.35. The van der Waals surface area contributed by atoms with E-state index in [1.807, 2.05) is 34.7 Å². The molecule has 10 heteroatoms. The van der Waals surface area contributed by atoms with E-state index in [1.165, 1.54) is 6.33 Å². The van der Waals surface area contributed by atoms with Crippen molar-refractivity contribution in [3.05, 3.63) is 54.6 Å². The molecule has 0 radical (unpaired) electrons. The summed E-state index contributed by atoms with van der Waals surface area (Å²) < 4.78 is 9.71. The number of hydrogen-bond acceptors (Lipinski definition) is 7. The van der Waals surface area contributed by atoms with Gasteiger partial charge in [0, 0.05) is 37.5 Å². The first-order valence-corrected chi connectivity index (χ1v) is 11.7. The summed E-state index contributed by atoms with van der Waals surface area (Å²) in [5.41, 5.74) is 11.4. The minimum Gasteiger partial charge on any atom is -0.382 e. The molecular weight excluding hydrogens is 444 g/mol. The van der Waals surface area contributed by atoms with Crippen LogP contribution in [0.2, 0.25) is 0 Å². The predicted molar refractivity (Wildman–Crippen MR) is 132 cm³/mol. The van der Waals surface area contributed by atoms with Crippen LogP contribution in [-0.2, 0) is 9.53 Å². The number of epoxide rings is 1. The number of nitrogens with zero attached hydrogens (tertiary/aromatic N) is 7. The smallest absolute Gasteiger partial charge is 0.220 e. The van der Waals surface area contributed by atoms with E-state index in [2.05, 4.69) is 52.1 Å². The number of aromatic nitrogens is 5. The van der Waals surface area contributed by atoms with E-state index < -0.39 is 0 Å². The molecule has 10 nitrogen and oxygen atoms in total. The number of nitrogen functional groups attached to an aromatic ring is 1. The molecule has 4 aromatic rings.